The highest BCUT2D eigenvalue weighted by Crippen LogP contribution is 2.20. The number of rotatable bonds is 3. The minimum absolute atomic E-state index is 0.395. The van der Waals surface area contributed by atoms with Crippen molar-refractivity contribution in [2.45, 2.75) is 20.0 Å². The first-order valence-electron chi connectivity index (χ1n) is 6.22. The third-order valence-electron chi connectivity index (χ3n) is 3.33. The molecule has 94 valence electrons. The van der Waals surface area contributed by atoms with Gasteiger partial charge in [0.1, 0.15) is 0 Å². The van der Waals surface area contributed by atoms with E-state index in [1.165, 1.54) is 5.56 Å². The van der Waals surface area contributed by atoms with Gasteiger partial charge in [0, 0.05) is 19.6 Å². The van der Waals surface area contributed by atoms with Crippen LogP contribution in [-0.4, -0.2) is 42.9 Å². The first kappa shape index (κ1) is 12.6. The molecule has 1 atom stereocenters. The monoisotopic (exact) mass is 235 g/mol. The number of ether oxygens (including phenoxy) is 1. The van der Waals surface area contributed by atoms with Crippen LogP contribution in [0, 0.1) is 13.8 Å². The second-order valence-corrected chi connectivity index (χ2v) is 4.79. The van der Waals surface area contributed by atoms with Crippen LogP contribution >= 0.6 is 0 Å². The lowest BCUT2D eigenvalue weighted by Crippen LogP contribution is -2.38. The minimum Gasteiger partial charge on any atom is -0.387 e. The first-order chi connectivity index (χ1) is 8.16. The Kier molecular flexibility index (Phi) is 4.15. The van der Waals surface area contributed by atoms with Gasteiger partial charge in [-0.05, 0) is 25.0 Å². The lowest BCUT2D eigenvalue weighted by atomic mass is 10.0. The summed E-state index contributed by atoms with van der Waals surface area (Å²) >= 11 is 0. The zero-order valence-electron chi connectivity index (χ0n) is 10.6. The van der Waals surface area contributed by atoms with E-state index in [4.69, 9.17) is 4.74 Å². The molecule has 1 saturated heterocycles. The van der Waals surface area contributed by atoms with Crippen LogP contribution in [0.3, 0.4) is 0 Å². The Labute approximate surface area is 103 Å². The molecule has 1 N–H and O–H groups in total. The average Bonchev–Trinajstić information content (AvgIpc) is 2.33. The summed E-state index contributed by atoms with van der Waals surface area (Å²) < 4.78 is 5.31. The highest BCUT2D eigenvalue weighted by Gasteiger charge is 2.17. The van der Waals surface area contributed by atoms with Gasteiger partial charge in [-0.25, -0.2) is 0 Å². The molecular weight excluding hydrogens is 214 g/mol. The normalized spacial score (nSPS) is 19.2. The van der Waals surface area contributed by atoms with Crippen LogP contribution in [0.4, 0.5) is 0 Å². The van der Waals surface area contributed by atoms with E-state index in [-0.39, 0.29) is 0 Å². The van der Waals surface area contributed by atoms with Crippen molar-refractivity contribution in [3.05, 3.63) is 34.9 Å². The molecule has 0 radical (unpaired) electrons. The topological polar surface area (TPSA) is 32.7 Å². The van der Waals surface area contributed by atoms with Gasteiger partial charge in [-0.2, -0.15) is 0 Å². The van der Waals surface area contributed by atoms with Crippen LogP contribution in [-0.2, 0) is 4.74 Å². The molecule has 0 aromatic heterocycles. The fourth-order valence-electron chi connectivity index (χ4n) is 2.25. The Balaban J connectivity index is 2.02. The molecule has 1 unspecified atom stereocenters. The molecule has 0 aliphatic carbocycles. The molecule has 1 aromatic rings. The van der Waals surface area contributed by atoms with Crippen LogP contribution in [0.5, 0.6) is 0 Å². The molecule has 2 rings (SSSR count). The Morgan fingerprint density at radius 1 is 1.29 bits per heavy atom. The van der Waals surface area contributed by atoms with Crippen molar-refractivity contribution in [2.24, 2.45) is 0 Å². The van der Waals surface area contributed by atoms with E-state index in [0.29, 0.717) is 6.54 Å². The Morgan fingerprint density at radius 3 is 2.71 bits per heavy atom. The van der Waals surface area contributed by atoms with E-state index in [9.17, 15) is 5.11 Å². The van der Waals surface area contributed by atoms with Crippen molar-refractivity contribution in [3.63, 3.8) is 0 Å². The summed E-state index contributed by atoms with van der Waals surface area (Å²) in [4.78, 5) is 2.26. The summed E-state index contributed by atoms with van der Waals surface area (Å²) in [6, 6.07) is 6.24. The smallest absolute Gasteiger partial charge is 0.0919 e. The molecule has 3 nitrogen and oxygen atoms in total. The highest BCUT2D eigenvalue weighted by molar-refractivity contribution is 5.32. The van der Waals surface area contributed by atoms with E-state index in [0.717, 1.165) is 37.4 Å². The Bertz CT molecular complexity index is 372. The van der Waals surface area contributed by atoms with Crippen LogP contribution < -0.4 is 0 Å². The summed E-state index contributed by atoms with van der Waals surface area (Å²) in [6.07, 6.45) is -0.395. The number of β-amino-alcohol motifs (C(OH)–C–C–N with tert-alkyl or cyclic N) is 1. The van der Waals surface area contributed by atoms with Crippen molar-refractivity contribution in [1.82, 2.24) is 4.90 Å². The average molecular weight is 235 g/mol. The van der Waals surface area contributed by atoms with Crippen molar-refractivity contribution in [3.8, 4) is 0 Å². The maximum Gasteiger partial charge on any atom is 0.0919 e. The molecule has 1 aromatic carbocycles. The van der Waals surface area contributed by atoms with Gasteiger partial charge < -0.3 is 9.84 Å². The van der Waals surface area contributed by atoms with E-state index in [1.54, 1.807) is 0 Å². The predicted molar refractivity (Wildman–Crippen MR) is 68.1 cm³/mol. The number of hydrogen-bond donors (Lipinski definition) is 1. The van der Waals surface area contributed by atoms with Gasteiger partial charge in [0.25, 0.3) is 0 Å². The lowest BCUT2D eigenvalue weighted by molar-refractivity contribution is 0.0142. The van der Waals surface area contributed by atoms with E-state index < -0.39 is 6.10 Å². The molecular formula is C14H21NO2. The lowest BCUT2D eigenvalue weighted by Gasteiger charge is -2.29. The van der Waals surface area contributed by atoms with Gasteiger partial charge in [-0.1, -0.05) is 23.8 Å². The molecule has 1 fully saturated rings. The molecule has 1 heterocycles. The predicted octanol–water partition coefficient (Wildman–Crippen LogP) is 1.67. The third kappa shape index (κ3) is 3.28. The van der Waals surface area contributed by atoms with Crippen molar-refractivity contribution >= 4 is 0 Å². The summed E-state index contributed by atoms with van der Waals surface area (Å²) in [7, 11) is 0. The van der Waals surface area contributed by atoms with Crippen molar-refractivity contribution in [2.75, 3.05) is 32.8 Å². The zero-order valence-corrected chi connectivity index (χ0v) is 10.6. The zero-order chi connectivity index (χ0) is 12.3. The van der Waals surface area contributed by atoms with Gasteiger partial charge in [0.2, 0.25) is 0 Å². The van der Waals surface area contributed by atoms with Crippen LogP contribution in [0.2, 0.25) is 0 Å². The second kappa shape index (κ2) is 5.63. The molecule has 0 amide bonds. The molecule has 3 heteroatoms. The largest absolute Gasteiger partial charge is 0.387 e. The quantitative estimate of drug-likeness (QED) is 0.865. The Hall–Kier alpha value is -0.900. The molecule has 1 aliphatic rings. The summed E-state index contributed by atoms with van der Waals surface area (Å²) in [5.41, 5.74) is 3.42. The number of morpholine rings is 1. The summed E-state index contributed by atoms with van der Waals surface area (Å²) in [6.45, 7) is 8.21. The summed E-state index contributed by atoms with van der Waals surface area (Å²) in [5, 5.41) is 10.3. The first-order valence-corrected chi connectivity index (χ1v) is 6.22. The SMILES string of the molecule is Cc1ccc(C)c(C(O)CN2CCOCC2)c1. The van der Waals surface area contributed by atoms with Crippen LogP contribution in [0.25, 0.3) is 0 Å². The number of nitrogens with zero attached hydrogens (tertiary/aromatic N) is 1. The minimum atomic E-state index is -0.395. The van der Waals surface area contributed by atoms with Crippen molar-refractivity contribution in [1.29, 1.82) is 0 Å². The third-order valence-corrected chi connectivity index (χ3v) is 3.33. The molecule has 0 bridgehead atoms. The number of aliphatic hydroxyl groups excluding tert-OH is 1. The highest BCUT2D eigenvalue weighted by atomic mass is 16.5. The Morgan fingerprint density at radius 2 is 2.00 bits per heavy atom. The fourth-order valence-corrected chi connectivity index (χ4v) is 2.25. The molecule has 1 aliphatic heterocycles. The molecule has 17 heavy (non-hydrogen) atoms. The van der Waals surface area contributed by atoms with E-state index in [2.05, 4.69) is 36.9 Å². The van der Waals surface area contributed by atoms with Gasteiger partial charge in [0.05, 0.1) is 19.3 Å². The number of aliphatic hydroxyl groups is 1. The number of hydrogen-bond acceptors (Lipinski definition) is 3. The summed E-state index contributed by atoms with van der Waals surface area (Å²) in [5.74, 6) is 0. The number of aryl methyl sites for hydroxylation is 2. The maximum absolute atomic E-state index is 10.3. The maximum atomic E-state index is 10.3. The van der Waals surface area contributed by atoms with Gasteiger partial charge in [-0.15, -0.1) is 0 Å². The number of benzene rings is 1. The van der Waals surface area contributed by atoms with Gasteiger partial charge in [-0.3, -0.25) is 4.90 Å². The molecule has 0 saturated carbocycles. The molecule has 0 spiro atoms. The van der Waals surface area contributed by atoms with Gasteiger partial charge >= 0.3 is 0 Å². The van der Waals surface area contributed by atoms with E-state index >= 15 is 0 Å². The van der Waals surface area contributed by atoms with Gasteiger partial charge in [0.15, 0.2) is 0 Å². The second-order valence-electron chi connectivity index (χ2n) is 4.79. The van der Waals surface area contributed by atoms with Crippen molar-refractivity contribution < 1.29 is 9.84 Å². The standard InChI is InChI=1S/C14H21NO2/c1-11-3-4-12(2)13(9-11)14(16)10-15-5-7-17-8-6-15/h3-4,9,14,16H,5-8,10H2,1-2H3. The van der Waals surface area contributed by atoms with Crippen LogP contribution in [0.15, 0.2) is 18.2 Å². The fraction of sp³-hybridized carbons (Fsp3) is 0.571. The van der Waals surface area contributed by atoms with Crippen LogP contribution in [0.1, 0.15) is 22.8 Å². The van der Waals surface area contributed by atoms with E-state index in [1.807, 2.05) is 0 Å².